The van der Waals surface area contributed by atoms with Crippen LogP contribution in [0.1, 0.15) is 17.3 Å². The van der Waals surface area contributed by atoms with Crippen LogP contribution < -0.4 is 29.6 Å². The third-order valence-corrected chi connectivity index (χ3v) is 3.17. The molecule has 23 heavy (non-hydrogen) atoms. The van der Waals surface area contributed by atoms with Gasteiger partial charge >= 0.3 is 35.5 Å². The van der Waals surface area contributed by atoms with Crippen LogP contribution in [0.25, 0.3) is 16.9 Å². The Morgan fingerprint density at radius 1 is 1.26 bits per heavy atom. The number of aromatic nitrogens is 3. The van der Waals surface area contributed by atoms with E-state index in [-0.39, 0.29) is 36.5 Å². The Labute approximate surface area is 155 Å². The first-order valence-electron chi connectivity index (χ1n) is 6.43. The Morgan fingerprint density at radius 2 is 2.09 bits per heavy atom. The fraction of sp³-hybridized carbons (Fsp3) is 0. The number of nitrogens with zero attached hydrogens (tertiary/aromatic N) is 4. The van der Waals surface area contributed by atoms with Gasteiger partial charge in [0.25, 0.3) is 0 Å². The molecule has 0 amide bonds. The number of aromatic carboxylic acids is 1. The van der Waals surface area contributed by atoms with E-state index in [2.05, 4.69) is 16.2 Å². The molecule has 7 heteroatoms. The summed E-state index contributed by atoms with van der Waals surface area (Å²) in [6.07, 6.45) is 4.82. The maximum absolute atomic E-state index is 11.0. The van der Waals surface area contributed by atoms with Crippen molar-refractivity contribution in [2.24, 2.45) is 0 Å². The van der Waals surface area contributed by atoms with Gasteiger partial charge in [-0.3, -0.25) is 4.98 Å². The average molecular weight is 314 g/mol. The van der Waals surface area contributed by atoms with E-state index < -0.39 is 5.97 Å². The van der Waals surface area contributed by atoms with Gasteiger partial charge in [-0.2, -0.15) is 10.4 Å². The molecule has 0 spiro atoms. The topological polar surface area (TPSA) is 91.8 Å². The first-order chi connectivity index (χ1) is 10.7. The second-order valence-corrected chi connectivity index (χ2v) is 4.53. The number of benzene rings is 1. The van der Waals surface area contributed by atoms with Crippen molar-refractivity contribution in [1.82, 2.24) is 14.8 Å². The molecule has 0 aliphatic carbocycles. The van der Waals surface area contributed by atoms with Crippen LogP contribution in [-0.2, 0) is 0 Å². The summed E-state index contributed by atoms with van der Waals surface area (Å²) in [4.78, 5) is 15.2. The standard InChI is InChI=1S/C16H10N4O2.Na.H/c17-10-13-8-11(2-3-15(13)20-7-1-5-19-20)14-9-12(16(21)22)4-6-18-14;;/h1-9H,(H,21,22);;/q;+1;-1. The molecule has 6 nitrogen and oxygen atoms in total. The van der Waals surface area contributed by atoms with Crippen molar-refractivity contribution in [1.29, 1.82) is 5.26 Å². The van der Waals surface area contributed by atoms with Gasteiger partial charge < -0.3 is 6.53 Å². The molecule has 1 aromatic carbocycles. The predicted octanol–water partition coefficient (Wildman–Crippen LogP) is -0.379. The van der Waals surface area contributed by atoms with Crippen molar-refractivity contribution in [2.75, 3.05) is 0 Å². The van der Waals surface area contributed by atoms with Crippen LogP contribution in [0.3, 0.4) is 0 Å². The van der Waals surface area contributed by atoms with Crippen molar-refractivity contribution < 1.29 is 40.9 Å². The van der Waals surface area contributed by atoms with Gasteiger partial charge in [0.05, 0.1) is 22.5 Å². The van der Waals surface area contributed by atoms with Crippen molar-refractivity contribution in [2.45, 2.75) is 0 Å². The van der Waals surface area contributed by atoms with Gasteiger partial charge in [-0.05, 0) is 30.3 Å². The summed E-state index contributed by atoms with van der Waals surface area (Å²) >= 11 is 0. The number of hydrogen-bond donors (Lipinski definition) is 1. The second-order valence-electron chi connectivity index (χ2n) is 4.53. The molecular weight excluding hydrogens is 303 g/mol. The van der Waals surface area contributed by atoms with E-state index in [1.54, 1.807) is 41.3 Å². The molecule has 2 aromatic heterocycles. The van der Waals surface area contributed by atoms with E-state index in [0.717, 1.165) is 0 Å². The average Bonchev–Trinajstić information content (AvgIpc) is 3.08. The summed E-state index contributed by atoms with van der Waals surface area (Å²) < 4.78 is 1.60. The van der Waals surface area contributed by atoms with Crippen LogP contribution >= 0.6 is 0 Å². The van der Waals surface area contributed by atoms with Gasteiger partial charge in [-0.25, -0.2) is 9.48 Å². The zero-order chi connectivity index (χ0) is 15.5. The number of nitriles is 1. The normalized spacial score (nSPS) is 9.70. The van der Waals surface area contributed by atoms with E-state index in [1.165, 1.54) is 18.3 Å². The molecule has 0 aliphatic rings. The first-order valence-corrected chi connectivity index (χ1v) is 6.43. The summed E-state index contributed by atoms with van der Waals surface area (Å²) in [5.74, 6) is -1.02. The van der Waals surface area contributed by atoms with E-state index in [1.807, 2.05) is 0 Å². The SMILES string of the molecule is N#Cc1cc(-c2cc(C(=O)O)ccn2)ccc1-n1cccn1.[H-].[Na+]. The molecule has 0 aliphatic heterocycles. The van der Waals surface area contributed by atoms with Crippen molar-refractivity contribution in [3.8, 4) is 23.0 Å². The smallest absolute Gasteiger partial charge is 1.00 e. The molecule has 0 radical (unpaired) electrons. The maximum Gasteiger partial charge on any atom is 1.00 e. The molecule has 0 fully saturated rings. The Morgan fingerprint density at radius 3 is 2.74 bits per heavy atom. The predicted molar refractivity (Wildman–Crippen MR) is 79.6 cm³/mol. The maximum atomic E-state index is 11.0. The minimum absolute atomic E-state index is 0. The second kappa shape index (κ2) is 7.20. The van der Waals surface area contributed by atoms with Crippen molar-refractivity contribution in [3.05, 3.63) is 66.1 Å². The molecule has 3 rings (SSSR count). The molecule has 0 atom stereocenters. The summed E-state index contributed by atoms with van der Waals surface area (Å²) in [7, 11) is 0. The van der Waals surface area contributed by atoms with Crippen LogP contribution in [0.2, 0.25) is 0 Å². The fourth-order valence-electron chi connectivity index (χ4n) is 2.12. The third kappa shape index (κ3) is 3.48. The van der Waals surface area contributed by atoms with Crippen LogP contribution in [0.5, 0.6) is 0 Å². The number of pyridine rings is 1. The summed E-state index contributed by atoms with van der Waals surface area (Å²) in [5, 5.41) is 22.5. The molecule has 3 aromatic rings. The Bertz CT molecular complexity index is 891. The number of carbonyl (C=O) groups is 1. The summed E-state index contributed by atoms with van der Waals surface area (Å²) in [6, 6.07) is 12.0. The van der Waals surface area contributed by atoms with Crippen LogP contribution in [-0.4, -0.2) is 25.8 Å². The Balaban J connectivity index is 0.00000144. The van der Waals surface area contributed by atoms with Gasteiger partial charge in [-0.15, -0.1) is 0 Å². The molecule has 0 saturated carbocycles. The first kappa shape index (κ1) is 16.9. The molecule has 0 unspecified atom stereocenters. The number of rotatable bonds is 3. The van der Waals surface area contributed by atoms with Gasteiger partial charge in [0.1, 0.15) is 6.07 Å². The van der Waals surface area contributed by atoms with Gasteiger partial charge in [0.15, 0.2) is 0 Å². The quantitative estimate of drug-likeness (QED) is 0.666. The zero-order valence-corrected chi connectivity index (χ0v) is 14.3. The van der Waals surface area contributed by atoms with Crippen molar-refractivity contribution in [3.63, 3.8) is 0 Å². The van der Waals surface area contributed by atoms with E-state index in [9.17, 15) is 10.1 Å². The number of carboxylic acid groups (broad SMARTS) is 1. The molecular formula is C16H11N4NaO2. The zero-order valence-electron chi connectivity index (χ0n) is 13.3. The fourth-order valence-corrected chi connectivity index (χ4v) is 2.12. The van der Waals surface area contributed by atoms with Crippen molar-refractivity contribution >= 4 is 5.97 Å². The molecule has 1 N–H and O–H groups in total. The van der Waals surface area contributed by atoms with Gasteiger partial charge in [-0.1, -0.05) is 6.07 Å². The van der Waals surface area contributed by atoms with Gasteiger partial charge in [0, 0.05) is 24.2 Å². The summed E-state index contributed by atoms with van der Waals surface area (Å²) in [6.45, 7) is 0. The van der Waals surface area contributed by atoms with Gasteiger partial charge in [0.2, 0.25) is 0 Å². The number of hydrogen-bond acceptors (Lipinski definition) is 4. The van der Waals surface area contributed by atoms with Crippen LogP contribution in [0, 0.1) is 11.3 Å². The van der Waals surface area contributed by atoms with E-state index in [0.29, 0.717) is 22.5 Å². The minimum Gasteiger partial charge on any atom is -1.00 e. The number of carboxylic acids is 1. The summed E-state index contributed by atoms with van der Waals surface area (Å²) in [5.41, 5.74) is 2.42. The van der Waals surface area contributed by atoms with E-state index >= 15 is 0 Å². The van der Waals surface area contributed by atoms with E-state index in [4.69, 9.17) is 5.11 Å². The van der Waals surface area contributed by atoms with Crippen LogP contribution in [0.15, 0.2) is 55.0 Å². The largest absolute Gasteiger partial charge is 1.00 e. The Hall–Kier alpha value is -2.46. The molecule has 0 bridgehead atoms. The minimum atomic E-state index is -1.02. The molecule has 108 valence electrons. The monoisotopic (exact) mass is 314 g/mol. The van der Waals surface area contributed by atoms with Crippen LogP contribution in [0.4, 0.5) is 0 Å². The molecule has 2 heterocycles. The Kier molecular flexibility index (Phi) is 5.29. The third-order valence-electron chi connectivity index (χ3n) is 3.17. The molecule has 0 saturated heterocycles.